The Balaban J connectivity index is 0.000000137. The summed E-state index contributed by atoms with van der Waals surface area (Å²) in [5.41, 5.74) is 8.25. The predicted molar refractivity (Wildman–Crippen MR) is 479 cm³/mol. The number of nitrogens with zero attached hydrogens (tertiary/aromatic N) is 11. The topological polar surface area (TPSA) is 269 Å². The van der Waals surface area contributed by atoms with Crippen molar-refractivity contribution in [1.82, 2.24) is 53.2 Å². The molecule has 0 N–H and O–H groups in total. The van der Waals surface area contributed by atoms with Crippen LogP contribution >= 0.6 is 116 Å². The molecule has 0 unspecified atom stereocenters. The van der Waals surface area contributed by atoms with Crippen LogP contribution in [0.5, 0.6) is 5.88 Å². The zero-order valence-electron chi connectivity index (χ0n) is 64.3. The number of imidazole rings is 4. The van der Waals surface area contributed by atoms with Gasteiger partial charge in [0.05, 0.1) is 32.9 Å². The van der Waals surface area contributed by atoms with Gasteiger partial charge in [-0.25, -0.2) is 68.6 Å². The maximum Gasteiger partial charge on any atom is 0.263 e. The molecule has 16 rings (SSSR count). The lowest BCUT2D eigenvalue weighted by molar-refractivity contribution is 0.398. The van der Waals surface area contributed by atoms with Crippen LogP contribution < -0.4 is 4.74 Å². The van der Waals surface area contributed by atoms with E-state index in [1.54, 1.807) is 163 Å². The van der Waals surface area contributed by atoms with Crippen molar-refractivity contribution in [3.8, 4) is 96.2 Å². The number of aromatic nitrogens is 11. The molecule has 0 atom stereocenters. The van der Waals surface area contributed by atoms with Gasteiger partial charge in [0.1, 0.15) is 60.8 Å². The zero-order chi connectivity index (χ0) is 84.7. The molecule has 0 bridgehead atoms. The van der Waals surface area contributed by atoms with Gasteiger partial charge in [-0.15, -0.1) is 11.3 Å². The van der Waals surface area contributed by atoms with E-state index in [2.05, 4.69) is 24.9 Å². The third-order valence-corrected chi connectivity index (χ3v) is 29.4. The Labute approximate surface area is 733 Å². The van der Waals surface area contributed by atoms with Crippen LogP contribution in [0.15, 0.2) is 317 Å². The number of benzene rings is 8. The maximum atomic E-state index is 11.9. The first kappa shape index (κ1) is 87.3. The summed E-state index contributed by atoms with van der Waals surface area (Å²) in [4.78, 5) is 37.4. The fourth-order valence-electron chi connectivity index (χ4n) is 11.6. The van der Waals surface area contributed by atoms with E-state index >= 15 is 0 Å². The van der Waals surface area contributed by atoms with E-state index in [1.165, 1.54) is 54.4 Å². The van der Waals surface area contributed by atoms with E-state index < -0.39 is 39.3 Å². The van der Waals surface area contributed by atoms with E-state index in [0.717, 1.165) is 113 Å². The first-order valence-electron chi connectivity index (χ1n) is 35.3. The Morgan fingerprint density at radius 3 is 0.958 bits per heavy atom. The number of hydrogen-bond donors (Lipinski definition) is 0. The number of oxazole rings is 1. The Bertz CT molecular complexity index is 6250. The second-order valence-electron chi connectivity index (χ2n) is 26.3. The predicted octanol–water partition coefficient (Wildman–Crippen LogP) is 21.8. The molecule has 8 aromatic carbocycles. The van der Waals surface area contributed by atoms with Crippen molar-refractivity contribution in [3.05, 3.63) is 273 Å². The number of pyridine rings is 1. The molecule has 21 nitrogen and oxygen atoms in total. The van der Waals surface area contributed by atoms with Gasteiger partial charge in [0.15, 0.2) is 56.0 Å². The number of hydrogen-bond acceptors (Lipinski definition) is 23. The molecule has 608 valence electrons. The van der Waals surface area contributed by atoms with Gasteiger partial charge in [-0.1, -0.05) is 142 Å². The summed E-state index contributed by atoms with van der Waals surface area (Å²) in [5, 5.41) is 13.2. The van der Waals surface area contributed by atoms with Crippen LogP contribution in [0, 0.1) is 0 Å². The Kier molecular flexibility index (Phi) is 27.6. The molecule has 0 spiro atoms. The molecule has 0 aliphatic rings. The lowest BCUT2D eigenvalue weighted by atomic mass is 10.2. The van der Waals surface area contributed by atoms with Gasteiger partial charge in [-0.05, 0) is 163 Å². The first-order chi connectivity index (χ1) is 56.7. The molecular weight excluding hydrogens is 1790 g/mol. The number of ether oxygens (including phenoxy) is 1. The van der Waals surface area contributed by atoms with E-state index in [1.807, 2.05) is 174 Å². The second kappa shape index (κ2) is 37.6. The lowest BCUT2D eigenvalue weighted by Crippen LogP contribution is -1.96. The molecule has 0 aliphatic carbocycles. The minimum Gasteiger partial charge on any atom is -0.481 e. The molecule has 8 aromatic heterocycles. The summed E-state index contributed by atoms with van der Waals surface area (Å²) < 4.78 is 113. The zero-order valence-corrected chi connectivity index (χ0v) is 75.5. The summed E-state index contributed by atoms with van der Waals surface area (Å²) in [5.74, 6) is 3.87. The third-order valence-electron chi connectivity index (χ3n) is 17.7. The SMILES string of the molecule is COc1ccc(-c2nc(-c3ccc(S(C)(=O)=O)cc3)c(Sc3ccc(Cl)cc3)n2C)cn1.Cn1c(-c2ccsc2)nc(-c2ccc(S(C)(=O)=O)cc2)c1Sc1ccc(Cl)cc1.Cn1c(-c2ncco2)nc(-c2ccc(S(C)(=O)=O)cc2)c1Sc1ccc(Cl)cc1.Cn1c(-c2nccs2)nc(-c2ccc(S(C)(=O)=O)cc2)c1Sc1ccc(Cl)cc1. The summed E-state index contributed by atoms with van der Waals surface area (Å²) in [6, 6.07) is 63.2. The van der Waals surface area contributed by atoms with Crippen LogP contribution in [0.25, 0.3) is 90.4 Å². The van der Waals surface area contributed by atoms with E-state index in [9.17, 15) is 33.7 Å². The van der Waals surface area contributed by atoms with Gasteiger partial charge in [0, 0.05) is 155 Å². The minimum absolute atomic E-state index is 0.261. The average molecular weight is 1860 g/mol. The molecule has 16 aromatic rings. The van der Waals surface area contributed by atoms with Crippen LogP contribution in [0.1, 0.15) is 0 Å². The molecule has 0 saturated carbocycles. The number of rotatable bonds is 21. The molecule has 0 radical (unpaired) electrons. The fourth-order valence-corrected chi connectivity index (χ4v) is 19.9. The van der Waals surface area contributed by atoms with Crippen molar-refractivity contribution in [1.29, 1.82) is 0 Å². The number of sulfone groups is 4. The summed E-state index contributed by atoms with van der Waals surface area (Å²) >= 11 is 33.5. The third kappa shape index (κ3) is 21.4. The van der Waals surface area contributed by atoms with Gasteiger partial charge in [0.2, 0.25) is 5.88 Å². The van der Waals surface area contributed by atoms with Crippen LogP contribution in [-0.2, 0) is 67.5 Å². The van der Waals surface area contributed by atoms with Crippen molar-refractivity contribution >= 4 is 155 Å². The monoisotopic (exact) mass is 1850 g/mol. The van der Waals surface area contributed by atoms with Crippen LogP contribution in [0.4, 0.5) is 0 Å². The number of halogens is 4. The molecule has 8 heterocycles. The van der Waals surface area contributed by atoms with Crippen LogP contribution in [-0.4, -0.2) is 119 Å². The van der Waals surface area contributed by atoms with E-state index in [-0.39, 0.29) is 14.7 Å². The van der Waals surface area contributed by atoms with Gasteiger partial charge >= 0.3 is 0 Å². The van der Waals surface area contributed by atoms with Crippen molar-refractivity contribution in [2.45, 2.75) is 59.3 Å². The number of thiophene rings is 1. The van der Waals surface area contributed by atoms with Gasteiger partial charge < -0.3 is 27.4 Å². The quantitative estimate of drug-likeness (QED) is 0.0646. The van der Waals surface area contributed by atoms with Crippen molar-refractivity contribution < 1.29 is 42.8 Å². The molecule has 0 saturated heterocycles. The maximum absolute atomic E-state index is 11.9. The molecule has 119 heavy (non-hydrogen) atoms. The fraction of sp³-hybridized carbons (Fsp3) is 0.107. The van der Waals surface area contributed by atoms with Gasteiger partial charge in [-0.2, -0.15) is 11.3 Å². The van der Waals surface area contributed by atoms with Crippen molar-refractivity contribution in [3.63, 3.8) is 0 Å². The summed E-state index contributed by atoms with van der Waals surface area (Å²) in [6.07, 6.45) is 11.3. The highest BCUT2D eigenvalue weighted by atomic mass is 35.5. The molecule has 0 fully saturated rings. The van der Waals surface area contributed by atoms with E-state index in [0.29, 0.717) is 48.3 Å². The highest BCUT2D eigenvalue weighted by Crippen LogP contribution is 2.45. The van der Waals surface area contributed by atoms with E-state index in [4.69, 9.17) is 75.5 Å². The largest absolute Gasteiger partial charge is 0.481 e. The minimum atomic E-state index is -3.28. The molecular formula is C84H69Cl4N11O10S10. The standard InChI is InChI=1S/C23H20ClN3O3S2.C21H17ClN2O2S3.C20H16ClN3O3S2.C20H16ClN3O2S3/c1-27-22(16-6-13-20(30-2)25-14-16)26-21(15-4-11-19(12-5-15)32(3,28)29)23(27)31-18-9-7-17(24)8-10-18;1-24-20(15-11-12-27-13-15)23-19(14-3-9-18(10-4-14)29(2,25)26)21(24)28-17-7-5-16(22)6-8-17;2*1-24-18(19-22-11-12-27-19)23-17(13-3-9-16(10-4-13)29(2,25)26)20(24)28-15-7-5-14(21)6-8-15/h4-14H,1-3H3;3-13H,1-2H3;2*3-12H,1-2H3. The molecule has 0 amide bonds. The normalized spacial score (nSPS) is 11.6. The highest BCUT2D eigenvalue weighted by Gasteiger charge is 2.26. The average Bonchev–Trinajstić information content (AvgIpc) is 1.66. The van der Waals surface area contributed by atoms with Crippen molar-refractivity contribution in [2.24, 2.45) is 28.2 Å². The van der Waals surface area contributed by atoms with Crippen molar-refractivity contribution in [2.75, 3.05) is 32.1 Å². The van der Waals surface area contributed by atoms with Gasteiger partial charge in [-0.3, -0.25) is 0 Å². The highest BCUT2D eigenvalue weighted by molar-refractivity contribution is 8.00. The van der Waals surface area contributed by atoms with Gasteiger partial charge in [0.25, 0.3) is 5.89 Å². The first-order valence-corrected chi connectivity index (χ1v) is 49.5. The number of methoxy groups -OCH3 is 1. The Morgan fingerprint density at radius 1 is 0.353 bits per heavy atom. The Morgan fingerprint density at radius 2 is 0.672 bits per heavy atom. The van der Waals surface area contributed by atoms with Crippen LogP contribution in [0.3, 0.4) is 0 Å². The summed E-state index contributed by atoms with van der Waals surface area (Å²) in [7, 11) is -3.70. The van der Waals surface area contributed by atoms with Crippen LogP contribution in [0.2, 0.25) is 20.1 Å². The second-order valence-corrected chi connectivity index (χ2v) is 42.0. The smallest absolute Gasteiger partial charge is 0.263 e. The Hall–Kier alpha value is -9.55. The molecule has 35 heteroatoms. The summed E-state index contributed by atoms with van der Waals surface area (Å²) in [6.45, 7) is 0. The number of thiazole rings is 1. The lowest BCUT2D eigenvalue weighted by Gasteiger charge is -2.08. The molecule has 0 aliphatic heterocycles.